The summed E-state index contributed by atoms with van der Waals surface area (Å²) in [5.74, 6) is 1.14. The summed E-state index contributed by atoms with van der Waals surface area (Å²) < 4.78 is 10.9. The zero-order valence-electron chi connectivity index (χ0n) is 10.6. The first-order valence-electron chi connectivity index (χ1n) is 6.23. The molecule has 2 aromatic rings. The first kappa shape index (κ1) is 12.7. The van der Waals surface area contributed by atoms with Gasteiger partial charge in [-0.05, 0) is 42.0 Å². The fraction of sp³-hybridized carbons (Fsp3) is 0.333. The van der Waals surface area contributed by atoms with Crippen molar-refractivity contribution in [3.63, 3.8) is 0 Å². The van der Waals surface area contributed by atoms with Crippen molar-refractivity contribution in [2.75, 3.05) is 19.8 Å². The minimum absolute atomic E-state index is 0.285. The van der Waals surface area contributed by atoms with Crippen LogP contribution in [0.2, 0.25) is 0 Å². The van der Waals surface area contributed by atoms with Crippen LogP contribution in [0.15, 0.2) is 36.4 Å². The summed E-state index contributed by atoms with van der Waals surface area (Å²) in [6.07, 6.45) is 0.890. The maximum Gasteiger partial charge on any atom is 0.119 e. The normalized spacial score (nSPS) is 10.7. The quantitative estimate of drug-likeness (QED) is 0.794. The first-order valence-corrected chi connectivity index (χ1v) is 6.23. The maximum atomic E-state index is 9.38. The Bertz CT molecular complexity index is 508. The number of phenols is 1. The molecule has 0 heterocycles. The summed E-state index contributed by atoms with van der Waals surface area (Å²) in [5, 5.41) is 11.5. The van der Waals surface area contributed by atoms with Gasteiger partial charge in [-0.3, -0.25) is 0 Å². The monoisotopic (exact) mass is 246 g/mol. The predicted octanol–water partition coefficient (Wildman–Crippen LogP) is 3.35. The largest absolute Gasteiger partial charge is 0.508 e. The number of ether oxygens (including phenoxy) is 2. The number of hydrogen-bond donors (Lipinski definition) is 1. The molecule has 0 radical (unpaired) electrons. The molecule has 0 unspecified atom stereocenters. The Morgan fingerprint density at radius 3 is 2.61 bits per heavy atom. The molecule has 18 heavy (non-hydrogen) atoms. The van der Waals surface area contributed by atoms with Crippen LogP contribution in [0.5, 0.6) is 11.5 Å². The van der Waals surface area contributed by atoms with Crippen molar-refractivity contribution in [3.8, 4) is 11.5 Å². The van der Waals surface area contributed by atoms with Gasteiger partial charge in [0, 0.05) is 19.6 Å². The molecule has 0 fully saturated rings. The summed E-state index contributed by atoms with van der Waals surface area (Å²) >= 11 is 0. The maximum absolute atomic E-state index is 9.38. The molecule has 3 heteroatoms. The van der Waals surface area contributed by atoms with Gasteiger partial charge < -0.3 is 14.6 Å². The second-order valence-corrected chi connectivity index (χ2v) is 4.09. The lowest BCUT2D eigenvalue weighted by molar-refractivity contribution is 0.131. The zero-order valence-corrected chi connectivity index (χ0v) is 10.6. The van der Waals surface area contributed by atoms with Gasteiger partial charge in [0.2, 0.25) is 0 Å². The Hall–Kier alpha value is -1.74. The smallest absolute Gasteiger partial charge is 0.119 e. The Kier molecular flexibility index (Phi) is 4.42. The molecule has 2 aromatic carbocycles. The molecule has 0 spiro atoms. The number of rotatable bonds is 6. The van der Waals surface area contributed by atoms with Crippen LogP contribution >= 0.6 is 0 Å². The molecule has 0 aliphatic carbocycles. The van der Waals surface area contributed by atoms with E-state index in [9.17, 15) is 5.11 Å². The number of aromatic hydroxyl groups is 1. The lowest BCUT2D eigenvalue weighted by Gasteiger charge is -2.07. The molecule has 0 saturated heterocycles. The minimum atomic E-state index is 0.285. The number of phenolic OH excluding ortho intramolecular Hbond substituents is 1. The fourth-order valence-corrected chi connectivity index (χ4v) is 1.80. The van der Waals surface area contributed by atoms with Gasteiger partial charge in [-0.1, -0.05) is 12.1 Å². The second-order valence-electron chi connectivity index (χ2n) is 4.09. The van der Waals surface area contributed by atoms with Crippen LogP contribution in [0.1, 0.15) is 13.3 Å². The summed E-state index contributed by atoms with van der Waals surface area (Å²) in [4.78, 5) is 0. The number of fused-ring (bicyclic) bond motifs is 1. The van der Waals surface area contributed by atoms with Gasteiger partial charge in [-0.2, -0.15) is 0 Å². The summed E-state index contributed by atoms with van der Waals surface area (Å²) in [6, 6.07) is 11.2. The third-order valence-electron chi connectivity index (χ3n) is 2.70. The van der Waals surface area contributed by atoms with Gasteiger partial charge in [-0.25, -0.2) is 0 Å². The Balaban J connectivity index is 1.95. The topological polar surface area (TPSA) is 38.7 Å². The molecule has 3 nitrogen and oxygen atoms in total. The minimum Gasteiger partial charge on any atom is -0.508 e. The molecule has 0 saturated carbocycles. The fourth-order valence-electron chi connectivity index (χ4n) is 1.80. The third kappa shape index (κ3) is 3.37. The van der Waals surface area contributed by atoms with Crippen LogP contribution in [0, 0.1) is 0 Å². The highest BCUT2D eigenvalue weighted by molar-refractivity contribution is 5.85. The number of hydrogen-bond acceptors (Lipinski definition) is 3. The van der Waals surface area contributed by atoms with E-state index in [1.807, 2.05) is 31.2 Å². The molecule has 0 bridgehead atoms. The van der Waals surface area contributed by atoms with E-state index in [1.165, 1.54) is 0 Å². The average molecular weight is 246 g/mol. The molecule has 0 aromatic heterocycles. The first-order chi connectivity index (χ1) is 8.79. The van der Waals surface area contributed by atoms with E-state index < -0.39 is 0 Å². The zero-order chi connectivity index (χ0) is 12.8. The van der Waals surface area contributed by atoms with Crippen molar-refractivity contribution in [1.29, 1.82) is 0 Å². The van der Waals surface area contributed by atoms with Crippen LogP contribution in [0.25, 0.3) is 10.8 Å². The highest BCUT2D eigenvalue weighted by atomic mass is 16.5. The van der Waals surface area contributed by atoms with E-state index in [0.29, 0.717) is 6.61 Å². The Morgan fingerprint density at radius 2 is 1.78 bits per heavy atom. The van der Waals surface area contributed by atoms with E-state index >= 15 is 0 Å². The van der Waals surface area contributed by atoms with Gasteiger partial charge in [0.25, 0.3) is 0 Å². The lowest BCUT2D eigenvalue weighted by atomic mass is 10.1. The molecule has 0 amide bonds. The van der Waals surface area contributed by atoms with Gasteiger partial charge >= 0.3 is 0 Å². The molecule has 0 aliphatic heterocycles. The summed E-state index contributed by atoms with van der Waals surface area (Å²) in [5.41, 5.74) is 0. The van der Waals surface area contributed by atoms with Crippen LogP contribution < -0.4 is 4.74 Å². The summed E-state index contributed by atoms with van der Waals surface area (Å²) in [6.45, 7) is 4.13. The highest BCUT2D eigenvalue weighted by Gasteiger charge is 1.99. The molecule has 2 rings (SSSR count). The van der Waals surface area contributed by atoms with Crippen LogP contribution in [-0.4, -0.2) is 24.9 Å². The highest BCUT2D eigenvalue weighted by Crippen LogP contribution is 2.24. The van der Waals surface area contributed by atoms with E-state index in [-0.39, 0.29) is 5.75 Å². The van der Waals surface area contributed by atoms with E-state index in [4.69, 9.17) is 9.47 Å². The molecule has 0 aliphatic rings. The van der Waals surface area contributed by atoms with E-state index in [2.05, 4.69) is 0 Å². The van der Waals surface area contributed by atoms with E-state index in [0.717, 1.165) is 36.2 Å². The molecular weight excluding hydrogens is 228 g/mol. The van der Waals surface area contributed by atoms with Crippen LogP contribution in [0.3, 0.4) is 0 Å². The molecule has 0 atom stereocenters. The Labute approximate surface area is 107 Å². The van der Waals surface area contributed by atoms with Crippen molar-refractivity contribution in [3.05, 3.63) is 36.4 Å². The van der Waals surface area contributed by atoms with Gasteiger partial charge in [0.15, 0.2) is 0 Å². The Morgan fingerprint density at radius 1 is 1.00 bits per heavy atom. The lowest BCUT2D eigenvalue weighted by Crippen LogP contribution is -2.02. The SMILES string of the molecule is CCOCCCOc1ccc2cc(O)ccc2c1. The predicted molar refractivity (Wildman–Crippen MR) is 72.2 cm³/mol. The summed E-state index contributed by atoms with van der Waals surface area (Å²) in [7, 11) is 0. The van der Waals surface area contributed by atoms with E-state index in [1.54, 1.807) is 12.1 Å². The van der Waals surface area contributed by atoms with Crippen LogP contribution in [0.4, 0.5) is 0 Å². The van der Waals surface area contributed by atoms with Crippen molar-refractivity contribution in [2.45, 2.75) is 13.3 Å². The van der Waals surface area contributed by atoms with Crippen molar-refractivity contribution >= 4 is 10.8 Å². The average Bonchev–Trinajstić information content (AvgIpc) is 2.38. The van der Waals surface area contributed by atoms with Crippen LogP contribution in [-0.2, 0) is 4.74 Å². The van der Waals surface area contributed by atoms with Crippen molar-refractivity contribution in [2.24, 2.45) is 0 Å². The second kappa shape index (κ2) is 6.26. The van der Waals surface area contributed by atoms with Gasteiger partial charge in [-0.15, -0.1) is 0 Å². The number of benzene rings is 2. The van der Waals surface area contributed by atoms with Gasteiger partial charge in [0.1, 0.15) is 11.5 Å². The molecule has 1 N–H and O–H groups in total. The van der Waals surface area contributed by atoms with Crippen molar-refractivity contribution in [1.82, 2.24) is 0 Å². The standard InChI is InChI=1S/C15H18O3/c1-2-17-8-3-9-18-15-7-5-12-10-14(16)6-4-13(12)11-15/h4-7,10-11,16H,2-3,8-9H2,1H3. The van der Waals surface area contributed by atoms with Crippen molar-refractivity contribution < 1.29 is 14.6 Å². The molecular formula is C15H18O3. The van der Waals surface area contributed by atoms with Gasteiger partial charge in [0.05, 0.1) is 6.61 Å². The third-order valence-corrected chi connectivity index (χ3v) is 2.70. The molecule has 96 valence electrons.